The zero-order chi connectivity index (χ0) is 16.9. The van der Waals surface area contributed by atoms with Crippen LogP contribution in [0.5, 0.6) is 0 Å². The van der Waals surface area contributed by atoms with E-state index < -0.39 is 11.9 Å². The van der Waals surface area contributed by atoms with E-state index in [1.807, 2.05) is 30.3 Å². The maximum absolute atomic E-state index is 13.2. The number of nitrogens with one attached hydrogen (secondary N) is 1. The number of carbonyl (C=O) groups is 1. The number of carbonyl (C=O) groups excluding carboxylic acids is 1. The highest BCUT2D eigenvalue weighted by Gasteiger charge is 2.14. The number of amides is 1. The normalized spacial score (nSPS) is 12.1. The van der Waals surface area contributed by atoms with Gasteiger partial charge in [-0.05, 0) is 29.3 Å². The van der Waals surface area contributed by atoms with Crippen LogP contribution in [0, 0.1) is 5.82 Å². The Morgan fingerprint density at radius 1 is 1.17 bits per heavy atom. The topological polar surface area (TPSA) is 62.2 Å². The van der Waals surface area contributed by atoms with Crippen molar-refractivity contribution >= 4 is 16.8 Å². The summed E-state index contributed by atoms with van der Waals surface area (Å²) in [5.74, 6) is -0.742. The van der Waals surface area contributed by atoms with Gasteiger partial charge >= 0.3 is 0 Å². The molecule has 2 N–H and O–H groups in total. The molecule has 24 heavy (non-hydrogen) atoms. The first-order valence-corrected chi connectivity index (χ1v) is 7.66. The SMILES string of the molecule is O=C(CC(O)c1cccc(F)c1)NCc1cccc2cccnc12. The van der Waals surface area contributed by atoms with Crippen LogP contribution >= 0.6 is 0 Å². The maximum atomic E-state index is 13.2. The molecule has 0 bridgehead atoms. The number of hydrogen-bond acceptors (Lipinski definition) is 3. The van der Waals surface area contributed by atoms with Crippen LogP contribution in [0.1, 0.15) is 23.7 Å². The lowest BCUT2D eigenvalue weighted by atomic mass is 10.1. The van der Waals surface area contributed by atoms with Crippen molar-refractivity contribution in [1.29, 1.82) is 0 Å². The third kappa shape index (κ3) is 3.75. The molecule has 122 valence electrons. The van der Waals surface area contributed by atoms with Crippen LogP contribution in [0.3, 0.4) is 0 Å². The highest BCUT2D eigenvalue weighted by atomic mass is 19.1. The van der Waals surface area contributed by atoms with Crippen LogP contribution in [0.15, 0.2) is 60.8 Å². The predicted octanol–water partition coefficient (Wildman–Crippen LogP) is 3.11. The van der Waals surface area contributed by atoms with E-state index in [0.717, 1.165) is 16.5 Å². The second-order valence-corrected chi connectivity index (χ2v) is 5.54. The number of aliphatic hydroxyl groups excluding tert-OH is 1. The van der Waals surface area contributed by atoms with Crippen LogP contribution in [-0.4, -0.2) is 16.0 Å². The van der Waals surface area contributed by atoms with Gasteiger partial charge in [0.15, 0.2) is 0 Å². The molecule has 0 fully saturated rings. The Kier molecular flexibility index (Phi) is 4.82. The Morgan fingerprint density at radius 2 is 1.96 bits per heavy atom. The summed E-state index contributed by atoms with van der Waals surface area (Å²) in [7, 11) is 0. The summed E-state index contributed by atoms with van der Waals surface area (Å²) in [6.45, 7) is 0.322. The first-order chi connectivity index (χ1) is 11.6. The number of hydrogen-bond donors (Lipinski definition) is 2. The fourth-order valence-electron chi connectivity index (χ4n) is 2.58. The average Bonchev–Trinajstić information content (AvgIpc) is 2.60. The molecule has 1 atom stereocenters. The van der Waals surface area contributed by atoms with Gasteiger partial charge in [0, 0.05) is 18.1 Å². The number of para-hydroxylation sites is 1. The molecule has 0 aliphatic carbocycles. The van der Waals surface area contributed by atoms with E-state index in [2.05, 4.69) is 10.3 Å². The van der Waals surface area contributed by atoms with Crippen molar-refractivity contribution in [1.82, 2.24) is 10.3 Å². The maximum Gasteiger partial charge on any atom is 0.223 e. The molecule has 3 rings (SSSR count). The van der Waals surface area contributed by atoms with Gasteiger partial charge in [-0.15, -0.1) is 0 Å². The zero-order valence-corrected chi connectivity index (χ0v) is 12.9. The summed E-state index contributed by atoms with van der Waals surface area (Å²) >= 11 is 0. The number of rotatable bonds is 5. The summed E-state index contributed by atoms with van der Waals surface area (Å²) in [6.07, 6.45) is 0.551. The number of aromatic nitrogens is 1. The lowest BCUT2D eigenvalue weighted by Crippen LogP contribution is -2.24. The number of aliphatic hydroxyl groups is 1. The van der Waals surface area contributed by atoms with Crippen LogP contribution < -0.4 is 5.32 Å². The molecule has 1 aromatic heterocycles. The Hall–Kier alpha value is -2.79. The monoisotopic (exact) mass is 324 g/mol. The van der Waals surface area contributed by atoms with Gasteiger partial charge < -0.3 is 10.4 Å². The highest BCUT2D eigenvalue weighted by Crippen LogP contribution is 2.18. The number of nitrogens with zero attached hydrogens (tertiary/aromatic N) is 1. The van der Waals surface area contributed by atoms with Crippen LogP contribution in [0.4, 0.5) is 4.39 Å². The molecule has 1 heterocycles. The molecule has 2 aromatic carbocycles. The van der Waals surface area contributed by atoms with Crippen LogP contribution in [-0.2, 0) is 11.3 Å². The largest absolute Gasteiger partial charge is 0.388 e. The number of pyridine rings is 1. The summed E-state index contributed by atoms with van der Waals surface area (Å²) in [4.78, 5) is 16.4. The van der Waals surface area contributed by atoms with E-state index in [-0.39, 0.29) is 12.3 Å². The highest BCUT2D eigenvalue weighted by molar-refractivity contribution is 5.82. The summed E-state index contributed by atoms with van der Waals surface area (Å²) in [6, 6.07) is 15.2. The van der Waals surface area contributed by atoms with Gasteiger partial charge in [0.2, 0.25) is 5.91 Å². The fraction of sp³-hybridized carbons (Fsp3) is 0.158. The smallest absolute Gasteiger partial charge is 0.223 e. The Morgan fingerprint density at radius 3 is 2.79 bits per heavy atom. The minimum atomic E-state index is -1.04. The lowest BCUT2D eigenvalue weighted by molar-refractivity contribution is -0.123. The minimum Gasteiger partial charge on any atom is -0.388 e. The standard InChI is InChI=1S/C19H17FN2O2/c20-16-8-2-5-14(10-16)17(23)11-18(24)22-12-15-6-1-4-13-7-3-9-21-19(13)15/h1-10,17,23H,11-12H2,(H,22,24). The number of halogens is 1. The van der Waals surface area contributed by atoms with Crippen LogP contribution in [0.2, 0.25) is 0 Å². The van der Waals surface area contributed by atoms with Gasteiger partial charge in [-0.25, -0.2) is 4.39 Å². The third-order valence-corrected chi connectivity index (χ3v) is 3.80. The van der Waals surface area contributed by atoms with E-state index in [9.17, 15) is 14.3 Å². The first-order valence-electron chi connectivity index (χ1n) is 7.66. The van der Waals surface area contributed by atoms with Crippen molar-refractivity contribution < 1.29 is 14.3 Å². The molecule has 1 amide bonds. The van der Waals surface area contributed by atoms with E-state index in [1.54, 1.807) is 12.3 Å². The molecule has 0 aliphatic heterocycles. The van der Waals surface area contributed by atoms with Crippen molar-refractivity contribution in [2.24, 2.45) is 0 Å². The van der Waals surface area contributed by atoms with Gasteiger partial charge in [-0.1, -0.05) is 36.4 Å². The van der Waals surface area contributed by atoms with E-state index >= 15 is 0 Å². The van der Waals surface area contributed by atoms with Crippen LogP contribution in [0.25, 0.3) is 10.9 Å². The molecule has 0 saturated carbocycles. The zero-order valence-electron chi connectivity index (χ0n) is 12.9. The Bertz CT molecular complexity index is 861. The summed E-state index contributed by atoms with van der Waals surface area (Å²) < 4.78 is 13.2. The summed E-state index contributed by atoms with van der Waals surface area (Å²) in [5, 5.41) is 13.8. The van der Waals surface area contributed by atoms with Gasteiger partial charge in [0.25, 0.3) is 0 Å². The molecule has 0 radical (unpaired) electrons. The molecular formula is C19H17FN2O2. The second kappa shape index (κ2) is 7.19. The molecule has 5 heteroatoms. The lowest BCUT2D eigenvalue weighted by Gasteiger charge is -2.12. The predicted molar refractivity (Wildman–Crippen MR) is 89.6 cm³/mol. The minimum absolute atomic E-state index is 0.123. The van der Waals surface area contributed by atoms with E-state index in [0.29, 0.717) is 12.1 Å². The molecule has 0 aliphatic rings. The average molecular weight is 324 g/mol. The van der Waals surface area contributed by atoms with E-state index in [4.69, 9.17) is 0 Å². The number of fused-ring (bicyclic) bond motifs is 1. The molecule has 1 unspecified atom stereocenters. The first kappa shape index (κ1) is 16.1. The van der Waals surface area contributed by atoms with E-state index in [1.165, 1.54) is 18.2 Å². The fourth-order valence-corrected chi connectivity index (χ4v) is 2.58. The van der Waals surface area contributed by atoms with Crippen molar-refractivity contribution in [3.05, 3.63) is 77.7 Å². The molecule has 3 aromatic rings. The van der Waals surface area contributed by atoms with Crippen molar-refractivity contribution in [3.8, 4) is 0 Å². The Labute approximate surface area is 139 Å². The van der Waals surface area contributed by atoms with Gasteiger partial charge in [-0.2, -0.15) is 0 Å². The Balaban J connectivity index is 1.63. The van der Waals surface area contributed by atoms with Gasteiger partial charge in [0.05, 0.1) is 18.0 Å². The van der Waals surface area contributed by atoms with Crippen molar-refractivity contribution in [2.75, 3.05) is 0 Å². The molecule has 0 saturated heterocycles. The molecular weight excluding hydrogens is 307 g/mol. The van der Waals surface area contributed by atoms with Crippen molar-refractivity contribution in [3.63, 3.8) is 0 Å². The number of benzene rings is 2. The quantitative estimate of drug-likeness (QED) is 0.758. The van der Waals surface area contributed by atoms with Gasteiger partial charge in [-0.3, -0.25) is 9.78 Å². The third-order valence-electron chi connectivity index (χ3n) is 3.80. The van der Waals surface area contributed by atoms with Crippen molar-refractivity contribution in [2.45, 2.75) is 19.1 Å². The molecule has 4 nitrogen and oxygen atoms in total. The second-order valence-electron chi connectivity index (χ2n) is 5.54. The van der Waals surface area contributed by atoms with Gasteiger partial charge in [0.1, 0.15) is 5.82 Å². The molecule has 0 spiro atoms. The summed E-state index contributed by atoms with van der Waals surface area (Å²) in [5.41, 5.74) is 2.13.